The van der Waals surface area contributed by atoms with Gasteiger partial charge in [-0.05, 0) is 49.2 Å². The number of rotatable bonds is 6. The van der Waals surface area contributed by atoms with Crippen LogP contribution in [0.3, 0.4) is 0 Å². The van der Waals surface area contributed by atoms with Crippen molar-refractivity contribution in [3.63, 3.8) is 0 Å². The first-order chi connectivity index (χ1) is 13.2. The van der Waals surface area contributed by atoms with E-state index in [4.69, 9.17) is 14.0 Å². The predicted molar refractivity (Wildman–Crippen MR) is 101 cm³/mol. The molecule has 1 aliphatic rings. The van der Waals surface area contributed by atoms with Gasteiger partial charge >= 0.3 is 0 Å². The molecule has 1 atom stereocenters. The standard InChI is InChI=1S/C19H19N3O4S/c1-24-13-6-4-12(5-7-13)19-21-17(22-26-19)15-8-9-16(27-15)18(23)20-11-14-3-2-10-25-14/h4-9,14H,2-3,10-11H2,1H3,(H,20,23)/t14-/m1/s1. The van der Waals surface area contributed by atoms with E-state index in [1.165, 1.54) is 11.3 Å². The van der Waals surface area contributed by atoms with Crippen LogP contribution in [0, 0.1) is 0 Å². The highest BCUT2D eigenvalue weighted by atomic mass is 32.1. The second-order valence-corrected chi connectivity index (χ2v) is 7.24. The van der Waals surface area contributed by atoms with Crippen LogP contribution in [-0.4, -0.2) is 42.4 Å². The van der Waals surface area contributed by atoms with E-state index >= 15 is 0 Å². The summed E-state index contributed by atoms with van der Waals surface area (Å²) in [5.74, 6) is 1.53. The van der Waals surface area contributed by atoms with Gasteiger partial charge in [-0.1, -0.05) is 5.16 Å². The first-order valence-corrected chi connectivity index (χ1v) is 9.53. The number of hydrogen-bond donors (Lipinski definition) is 1. The average Bonchev–Trinajstić information content (AvgIpc) is 3.47. The minimum Gasteiger partial charge on any atom is -0.497 e. The normalized spacial score (nSPS) is 16.4. The van der Waals surface area contributed by atoms with Crippen LogP contribution in [0.5, 0.6) is 5.75 Å². The molecule has 0 radical (unpaired) electrons. The highest BCUT2D eigenvalue weighted by Gasteiger charge is 2.19. The fourth-order valence-corrected chi connectivity index (χ4v) is 3.70. The second kappa shape index (κ2) is 7.89. The number of carbonyl (C=O) groups excluding carboxylic acids is 1. The summed E-state index contributed by atoms with van der Waals surface area (Å²) >= 11 is 1.33. The van der Waals surface area contributed by atoms with Gasteiger partial charge in [0.15, 0.2) is 0 Å². The van der Waals surface area contributed by atoms with Crippen LogP contribution in [0.1, 0.15) is 22.5 Å². The van der Waals surface area contributed by atoms with Gasteiger partial charge in [0.2, 0.25) is 5.82 Å². The van der Waals surface area contributed by atoms with Crippen LogP contribution >= 0.6 is 11.3 Å². The van der Waals surface area contributed by atoms with Crippen LogP contribution in [0.15, 0.2) is 40.9 Å². The number of benzene rings is 1. The Bertz CT molecular complexity index is 913. The smallest absolute Gasteiger partial charge is 0.261 e. The average molecular weight is 385 g/mol. The molecule has 2 aromatic heterocycles. The van der Waals surface area contributed by atoms with E-state index < -0.39 is 0 Å². The zero-order chi connectivity index (χ0) is 18.6. The van der Waals surface area contributed by atoms with Crippen molar-refractivity contribution >= 4 is 17.2 Å². The third kappa shape index (κ3) is 4.01. The Labute approximate surface area is 160 Å². The van der Waals surface area contributed by atoms with Crippen LogP contribution in [0.2, 0.25) is 0 Å². The summed E-state index contributed by atoms with van der Waals surface area (Å²) in [7, 11) is 1.62. The minimum absolute atomic E-state index is 0.111. The van der Waals surface area contributed by atoms with Gasteiger partial charge in [0.1, 0.15) is 5.75 Å². The number of nitrogens with zero attached hydrogens (tertiary/aromatic N) is 2. The topological polar surface area (TPSA) is 86.5 Å². The number of hydrogen-bond acceptors (Lipinski definition) is 7. The summed E-state index contributed by atoms with van der Waals surface area (Å²) in [5.41, 5.74) is 0.806. The molecule has 0 unspecified atom stereocenters. The van der Waals surface area contributed by atoms with Gasteiger partial charge in [-0.25, -0.2) is 0 Å². The lowest BCUT2D eigenvalue weighted by atomic mass is 10.2. The highest BCUT2D eigenvalue weighted by Crippen LogP contribution is 2.28. The molecular weight excluding hydrogens is 366 g/mol. The van der Waals surface area contributed by atoms with Crippen molar-refractivity contribution in [2.75, 3.05) is 20.3 Å². The Morgan fingerprint density at radius 3 is 2.89 bits per heavy atom. The van der Waals surface area contributed by atoms with Gasteiger partial charge in [-0.2, -0.15) is 4.98 Å². The summed E-state index contributed by atoms with van der Waals surface area (Å²) in [5, 5.41) is 6.95. The minimum atomic E-state index is -0.111. The van der Waals surface area contributed by atoms with Crippen LogP contribution in [0.4, 0.5) is 0 Å². The lowest BCUT2D eigenvalue weighted by Gasteiger charge is -2.09. The highest BCUT2D eigenvalue weighted by molar-refractivity contribution is 7.17. The third-order valence-corrected chi connectivity index (χ3v) is 5.41. The molecule has 1 saturated heterocycles. The number of carbonyl (C=O) groups is 1. The molecule has 1 N–H and O–H groups in total. The molecule has 140 valence electrons. The fourth-order valence-electron chi connectivity index (χ4n) is 2.85. The van der Waals surface area contributed by atoms with Gasteiger partial charge in [0.05, 0.1) is 23.0 Å². The molecule has 27 heavy (non-hydrogen) atoms. The van der Waals surface area contributed by atoms with Crippen molar-refractivity contribution in [3.05, 3.63) is 41.3 Å². The second-order valence-electron chi connectivity index (χ2n) is 6.16. The van der Waals surface area contributed by atoms with Crippen LogP contribution in [-0.2, 0) is 4.74 Å². The lowest BCUT2D eigenvalue weighted by molar-refractivity contribution is 0.0861. The van der Waals surface area contributed by atoms with Gasteiger partial charge in [0.25, 0.3) is 11.8 Å². The SMILES string of the molecule is COc1ccc(-c2nc(-c3ccc(C(=O)NC[C@H]4CCCO4)s3)no2)cc1. The van der Waals surface area contributed by atoms with E-state index in [-0.39, 0.29) is 12.0 Å². The zero-order valence-corrected chi connectivity index (χ0v) is 15.6. The Morgan fingerprint density at radius 1 is 1.30 bits per heavy atom. The molecular formula is C19H19N3O4S. The number of amides is 1. The summed E-state index contributed by atoms with van der Waals surface area (Å²) < 4.78 is 16.0. The maximum atomic E-state index is 12.3. The summed E-state index contributed by atoms with van der Waals surface area (Å²) in [6.07, 6.45) is 2.17. The fraction of sp³-hybridized carbons (Fsp3) is 0.316. The molecule has 0 aliphatic carbocycles. The van der Waals surface area contributed by atoms with Crippen molar-refractivity contribution in [2.24, 2.45) is 0 Å². The van der Waals surface area contributed by atoms with Crippen LogP contribution < -0.4 is 10.1 Å². The van der Waals surface area contributed by atoms with Gasteiger partial charge in [0, 0.05) is 18.7 Å². The Balaban J connectivity index is 1.43. The van der Waals surface area contributed by atoms with Gasteiger partial charge < -0.3 is 19.3 Å². The molecule has 1 aromatic carbocycles. The molecule has 4 rings (SSSR count). The van der Waals surface area contributed by atoms with Crippen molar-refractivity contribution in [3.8, 4) is 27.9 Å². The summed E-state index contributed by atoms with van der Waals surface area (Å²) in [4.78, 5) is 18.1. The van der Waals surface area contributed by atoms with Crippen molar-refractivity contribution in [1.82, 2.24) is 15.5 Å². The largest absolute Gasteiger partial charge is 0.497 e. The Hall–Kier alpha value is -2.71. The molecule has 0 saturated carbocycles. The van der Waals surface area contributed by atoms with E-state index in [1.807, 2.05) is 30.3 Å². The molecule has 7 nitrogen and oxygen atoms in total. The number of ether oxygens (including phenoxy) is 2. The third-order valence-electron chi connectivity index (χ3n) is 4.33. The van der Waals surface area contributed by atoms with E-state index in [0.717, 1.165) is 35.6 Å². The molecule has 1 aliphatic heterocycles. The number of thiophene rings is 1. The Kier molecular flexibility index (Phi) is 5.17. The van der Waals surface area contributed by atoms with Gasteiger partial charge in [-0.15, -0.1) is 11.3 Å². The lowest BCUT2D eigenvalue weighted by Crippen LogP contribution is -2.31. The molecule has 0 spiro atoms. The van der Waals surface area contributed by atoms with Crippen LogP contribution in [0.25, 0.3) is 22.2 Å². The summed E-state index contributed by atoms with van der Waals surface area (Å²) in [6, 6.07) is 11.0. The molecule has 1 fully saturated rings. The van der Waals surface area contributed by atoms with Crippen molar-refractivity contribution in [2.45, 2.75) is 18.9 Å². The first-order valence-electron chi connectivity index (χ1n) is 8.71. The van der Waals surface area contributed by atoms with E-state index in [2.05, 4.69) is 15.5 Å². The van der Waals surface area contributed by atoms with Crippen molar-refractivity contribution < 1.29 is 18.8 Å². The number of nitrogens with one attached hydrogen (secondary N) is 1. The maximum Gasteiger partial charge on any atom is 0.261 e. The van der Waals surface area contributed by atoms with Crippen molar-refractivity contribution in [1.29, 1.82) is 0 Å². The number of aromatic nitrogens is 2. The molecule has 1 amide bonds. The molecule has 8 heteroatoms. The van der Waals surface area contributed by atoms with E-state index in [9.17, 15) is 4.79 Å². The summed E-state index contributed by atoms with van der Waals surface area (Å²) in [6.45, 7) is 1.31. The molecule has 3 aromatic rings. The van der Waals surface area contributed by atoms with Gasteiger partial charge in [-0.3, -0.25) is 4.79 Å². The predicted octanol–water partition coefficient (Wildman–Crippen LogP) is 3.38. The number of methoxy groups -OCH3 is 1. The van der Waals surface area contributed by atoms with E-state index in [0.29, 0.717) is 23.1 Å². The monoisotopic (exact) mass is 385 g/mol. The zero-order valence-electron chi connectivity index (χ0n) is 14.8. The maximum absolute atomic E-state index is 12.3. The molecule has 3 heterocycles. The molecule has 0 bridgehead atoms. The Morgan fingerprint density at radius 2 is 2.15 bits per heavy atom. The van der Waals surface area contributed by atoms with E-state index in [1.54, 1.807) is 13.2 Å². The first kappa shape index (κ1) is 17.7. The quantitative estimate of drug-likeness (QED) is 0.700.